The Labute approximate surface area is 196 Å². The first-order chi connectivity index (χ1) is 15.7. The molecule has 3 aromatic rings. The molecule has 0 bridgehead atoms. The van der Waals surface area contributed by atoms with Crippen LogP contribution in [0, 0.1) is 13.8 Å². The number of rotatable bonds is 6. The minimum absolute atomic E-state index is 0.0664. The number of amides is 2. The van der Waals surface area contributed by atoms with E-state index in [-0.39, 0.29) is 36.4 Å². The summed E-state index contributed by atoms with van der Waals surface area (Å²) in [5.74, 6) is 0.927. The van der Waals surface area contributed by atoms with Crippen molar-refractivity contribution in [2.75, 3.05) is 11.4 Å². The molecule has 0 aliphatic carbocycles. The summed E-state index contributed by atoms with van der Waals surface area (Å²) in [4.78, 5) is 35.2. The Kier molecular flexibility index (Phi) is 6.28. The highest BCUT2D eigenvalue weighted by molar-refractivity contribution is 5.98. The van der Waals surface area contributed by atoms with Crippen molar-refractivity contribution >= 4 is 28.5 Å². The second kappa shape index (κ2) is 9.00. The lowest BCUT2D eigenvalue weighted by molar-refractivity contribution is -0.135. The Bertz CT molecular complexity index is 1170. The molecule has 1 atom stereocenters. The molecule has 1 aliphatic heterocycles. The van der Waals surface area contributed by atoms with Gasteiger partial charge in [0.1, 0.15) is 12.4 Å². The van der Waals surface area contributed by atoms with E-state index in [1.54, 1.807) is 0 Å². The van der Waals surface area contributed by atoms with Crippen molar-refractivity contribution in [1.82, 2.24) is 14.5 Å². The van der Waals surface area contributed by atoms with Gasteiger partial charge in [0.15, 0.2) is 0 Å². The second-order valence-electron chi connectivity index (χ2n) is 9.68. The standard InChI is InChI=1S/C27H34N4O2/c1-17(2)31(18(3)4)25(33)16-29-23-13-8-7-12-22(23)28-27(29)21-14-24(32)30(15-21)26-19(5)10-9-11-20(26)6/h7-13,17-18,21H,14-16H2,1-6H3. The van der Waals surface area contributed by atoms with Crippen molar-refractivity contribution in [1.29, 1.82) is 0 Å². The molecule has 6 nitrogen and oxygen atoms in total. The normalized spacial score (nSPS) is 16.4. The number of carbonyl (C=O) groups excluding carboxylic acids is 2. The topological polar surface area (TPSA) is 58.4 Å². The Balaban J connectivity index is 1.72. The highest BCUT2D eigenvalue weighted by atomic mass is 16.2. The van der Waals surface area contributed by atoms with Crippen molar-refractivity contribution in [2.24, 2.45) is 0 Å². The molecule has 0 N–H and O–H groups in total. The SMILES string of the molecule is Cc1cccc(C)c1N1CC(c2nc3ccccc3n2CC(=O)N(C(C)C)C(C)C)CC1=O. The van der Waals surface area contributed by atoms with Crippen LogP contribution in [-0.2, 0) is 16.1 Å². The summed E-state index contributed by atoms with van der Waals surface area (Å²) >= 11 is 0. The predicted octanol–water partition coefficient (Wildman–Crippen LogP) is 4.82. The van der Waals surface area contributed by atoms with E-state index >= 15 is 0 Å². The average Bonchev–Trinajstić information content (AvgIpc) is 3.28. The third kappa shape index (κ3) is 4.26. The average molecular weight is 447 g/mol. The summed E-state index contributed by atoms with van der Waals surface area (Å²) in [7, 11) is 0. The van der Waals surface area contributed by atoms with Crippen LogP contribution in [0.5, 0.6) is 0 Å². The van der Waals surface area contributed by atoms with E-state index in [4.69, 9.17) is 4.98 Å². The van der Waals surface area contributed by atoms with Crippen LogP contribution in [0.2, 0.25) is 0 Å². The molecule has 1 saturated heterocycles. The monoisotopic (exact) mass is 446 g/mol. The van der Waals surface area contributed by atoms with Crippen LogP contribution in [0.3, 0.4) is 0 Å². The van der Waals surface area contributed by atoms with Crippen LogP contribution >= 0.6 is 0 Å². The zero-order valence-corrected chi connectivity index (χ0v) is 20.5. The van der Waals surface area contributed by atoms with Gasteiger partial charge in [0.25, 0.3) is 0 Å². The number of hydrogen-bond donors (Lipinski definition) is 0. The number of benzene rings is 2. The maximum Gasteiger partial charge on any atom is 0.243 e. The number of para-hydroxylation sites is 3. The first-order valence-corrected chi connectivity index (χ1v) is 11.8. The number of aromatic nitrogens is 2. The zero-order chi connectivity index (χ0) is 23.9. The molecule has 1 fully saturated rings. The quantitative estimate of drug-likeness (QED) is 0.545. The van der Waals surface area contributed by atoms with E-state index in [9.17, 15) is 9.59 Å². The molecular formula is C27H34N4O2. The molecule has 1 aliphatic rings. The van der Waals surface area contributed by atoms with E-state index < -0.39 is 0 Å². The van der Waals surface area contributed by atoms with Crippen molar-refractivity contribution in [3.05, 3.63) is 59.4 Å². The summed E-state index contributed by atoms with van der Waals surface area (Å²) in [5.41, 5.74) is 4.98. The lowest BCUT2D eigenvalue weighted by Crippen LogP contribution is -2.44. The molecular weight excluding hydrogens is 412 g/mol. The van der Waals surface area contributed by atoms with E-state index in [1.807, 2.05) is 98.4 Å². The summed E-state index contributed by atoms with van der Waals surface area (Å²) in [6, 6.07) is 14.3. The minimum atomic E-state index is -0.0664. The first kappa shape index (κ1) is 23.0. The van der Waals surface area contributed by atoms with Crippen molar-refractivity contribution in [2.45, 2.75) is 72.5 Å². The molecule has 4 rings (SSSR count). The molecule has 0 saturated carbocycles. The van der Waals surface area contributed by atoms with Crippen molar-refractivity contribution in [3.8, 4) is 0 Å². The maximum atomic E-state index is 13.3. The van der Waals surface area contributed by atoms with Gasteiger partial charge in [-0.3, -0.25) is 9.59 Å². The van der Waals surface area contributed by atoms with Crippen LogP contribution in [0.4, 0.5) is 5.69 Å². The molecule has 2 amide bonds. The lowest BCUT2D eigenvalue weighted by Gasteiger charge is -2.31. The fraction of sp³-hybridized carbons (Fsp3) is 0.444. The molecule has 0 spiro atoms. The molecule has 6 heteroatoms. The number of carbonyl (C=O) groups is 2. The van der Waals surface area contributed by atoms with E-state index in [0.29, 0.717) is 13.0 Å². The zero-order valence-electron chi connectivity index (χ0n) is 20.5. The molecule has 2 aromatic carbocycles. The molecule has 1 aromatic heterocycles. The summed E-state index contributed by atoms with van der Waals surface area (Å²) in [6.45, 7) is 13.1. The Morgan fingerprint density at radius 2 is 1.67 bits per heavy atom. The van der Waals surface area contributed by atoms with Gasteiger partial charge < -0.3 is 14.4 Å². The van der Waals surface area contributed by atoms with Gasteiger partial charge in [0.05, 0.1) is 11.0 Å². The maximum absolute atomic E-state index is 13.3. The van der Waals surface area contributed by atoms with Gasteiger partial charge in [-0.1, -0.05) is 30.3 Å². The lowest BCUT2D eigenvalue weighted by atomic mass is 10.1. The highest BCUT2D eigenvalue weighted by Crippen LogP contribution is 2.36. The van der Waals surface area contributed by atoms with Crippen LogP contribution in [-0.4, -0.2) is 44.9 Å². The summed E-state index contributed by atoms with van der Waals surface area (Å²) < 4.78 is 2.03. The van der Waals surface area contributed by atoms with Gasteiger partial charge in [-0.15, -0.1) is 0 Å². The number of aryl methyl sites for hydroxylation is 2. The smallest absolute Gasteiger partial charge is 0.243 e. The molecule has 0 radical (unpaired) electrons. The van der Waals surface area contributed by atoms with Gasteiger partial charge in [-0.25, -0.2) is 4.98 Å². The predicted molar refractivity (Wildman–Crippen MR) is 132 cm³/mol. The van der Waals surface area contributed by atoms with Crippen LogP contribution < -0.4 is 4.90 Å². The Hall–Kier alpha value is -3.15. The highest BCUT2D eigenvalue weighted by Gasteiger charge is 2.36. The summed E-state index contributed by atoms with van der Waals surface area (Å²) in [6.07, 6.45) is 0.392. The van der Waals surface area contributed by atoms with Gasteiger partial charge in [-0.2, -0.15) is 0 Å². The number of anilines is 1. The minimum Gasteiger partial charge on any atom is -0.336 e. The Morgan fingerprint density at radius 3 is 2.30 bits per heavy atom. The van der Waals surface area contributed by atoms with Crippen LogP contribution in [0.15, 0.2) is 42.5 Å². The fourth-order valence-corrected chi connectivity index (χ4v) is 5.29. The number of hydrogen-bond acceptors (Lipinski definition) is 3. The second-order valence-corrected chi connectivity index (χ2v) is 9.68. The largest absolute Gasteiger partial charge is 0.336 e. The third-order valence-corrected chi connectivity index (χ3v) is 6.58. The molecule has 174 valence electrons. The van der Waals surface area contributed by atoms with E-state index in [0.717, 1.165) is 33.7 Å². The van der Waals surface area contributed by atoms with Gasteiger partial charge in [0, 0.05) is 36.7 Å². The number of nitrogens with zero attached hydrogens (tertiary/aromatic N) is 4. The molecule has 2 heterocycles. The number of fused-ring (bicyclic) bond motifs is 1. The first-order valence-electron chi connectivity index (χ1n) is 11.8. The Morgan fingerprint density at radius 1 is 1.03 bits per heavy atom. The van der Waals surface area contributed by atoms with Gasteiger partial charge in [0.2, 0.25) is 11.8 Å². The van der Waals surface area contributed by atoms with Crippen molar-refractivity contribution < 1.29 is 9.59 Å². The number of imidazole rings is 1. The fourth-order valence-electron chi connectivity index (χ4n) is 5.29. The van der Waals surface area contributed by atoms with E-state index in [1.165, 1.54) is 0 Å². The van der Waals surface area contributed by atoms with E-state index in [2.05, 4.69) is 0 Å². The third-order valence-electron chi connectivity index (χ3n) is 6.58. The van der Waals surface area contributed by atoms with Crippen LogP contribution in [0.25, 0.3) is 11.0 Å². The van der Waals surface area contributed by atoms with Gasteiger partial charge >= 0.3 is 0 Å². The molecule has 33 heavy (non-hydrogen) atoms. The van der Waals surface area contributed by atoms with Crippen LogP contribution in [0.1, 0.15) is 57.0 Å². The summed E-state index contributed by atoms with van der Waals surface area (Å²) in [5, 5.41) is 0. The van der Waals surface area contributed by atoms with Crippen molar-refractivity contribution in [3.63, 3.8) is 0 Å². The van der Waals surface area contributed by atoms with Gasteiger partial charge in [-0.05, 0) is 64.8 Å². The molecule has 1 unspecified atom stereocenters.